The van der Waals surface area contributed by atoms with E-state index in [9.17, 15) is 48.0 Å². The Bertz CT molecular complexity index is 1540. The van der Waals surface area contributed by atoms with Crippen LogP contribution in [0.25, 0.3) is 9.70 Å². The monoisotopic (exact) mass is 759 g/mol. The number of ether oxygens (including phenoxy) is 1. The number of unbranched alkanes of at least 4 members (excludes halogenated alkanes) is 9. The van der Waals surface area contributed by atoms with Gasteiger partial charge in [0.25, 0.3) is 0 Å². The van der Waals surface area contributed by atoms with Gasteiger partial charge in [0, 0.05) is 18.6 Å². The maximum atomic E-state index is 12.3. The summed E-state index contributed by atoms with van der Waals surface area (Å²) >= 11 is 0. The van der Waals surface area contributed by atoms with Gasteiger partial charge in [0.05, 0.1) is 12.1 Å². The van der Waals surface area contributed by atoms with E-state index < -0.39 is 36.6 Å². The van der Waals surface area contributed by atoms with Crippen molar-refractivity contribution in [3.05, 3.63) is 76.2 Å². The van der Waals surface area contributed by atoms with Crippen LogP contribution in [-0.4, -0.2) is 40.6 Å². The lowest BCUT2D eigenvalue weighted by Gasteiger charge is -2.27. The van der Waals surface area contributed by atoms with E-state index in [1.807, 2.05) is 39.0 Å². The van der Waals surface area contributed by atoms with Gasteiger partial charge >= 0.3 is 17.1 Å². The van der Waals surface area contributed by atoms with Crippen LogP contribution in [0.2, 0.25) is 0 Å². The predicted molar refractivity (Wildman–Crippen MR) is 180 cm³/mol. The molecule has 1 heterocycles. The van der Waals surface area contributed by atoms with Crippen LogP contribution in [0.1, 0.15) is 102 Å². The second kappa shape index (κ2) is 20.0. The summed E-state index contributed by atoms with van der Waals surface area (Å²) < 4.78 is 117. The van der Waals surface area contributed by atoms with E-state index >= 15 is 0 Å². The first-order chi connectivity index (χ1) is 23.0. The molecule has 0 radical (unpaired) electrons. The summed E-state index contributed by atoms with van der Waals surface area (Å²) in [5.74, 6) is 0. The number of aromatic nitrogens is 1. The fraction of sp³-hybridized carbons (Fsp3) is 0.576. The minimum atomic E-state index is -6.72. The molecule has 50 heavy (non-hydrogen) atoms. The van der Waals surface area contributed by atoms with Crippen LogP contribution in [0, 0.1) is 6.92 Å². The molecule has 2 aromatic rings. The molecule has 0 aliphatic carbocycles. The van der Waals surface area contributed by atoms with Crippen molar-refractivity contribution in [1.82, 2.24) is 5.32 Å². The Morgan fingerprint density at radius 2 is 1.26 bits per heavy atom. The van der Waals surface area contributed by atoms with Crippen LogP contribution in [0.5, 0.6) is 0 Å². The molecule has 0 saturated heterocycles. The van der Waals surface area contributed by atoms with Gasteiger partial charge in [-0.05, 0) is 63.3 Å². The summed E-state index contributed by atoms with van der Waals surface area (Å²) in [5, 5.41) is 3.00. The zero-order chi connectivity index (χ0) is 38.2. The number of carbonyl (C=O) groups excluding carboxylic acids is 1. The molecule has 284 valence electrons. The summed E-state index contributed by atoms with van der Waals surface area (Å²) in [6.45, 7) is 13.7. The Balaban J connectivity index is 0.000000700. The van der Waals surface area contributed by atoms with Crippen LogP contribution in [0.4, 0.5) is 31.1 Å². The first kappa shape index (κ1) is 44.8. The molecule has 1 amide bonds. The lowest BCUT2D eigenvalue weighted by molar-refractivity contribution is -0.697. The Labute approximate surface area is 291 Å². The van der Waals surface area contributed by atoms with Gasteiger partial charge < -0.3 is 14.2 Å². The number of pyridine rings is 1. The molecule has 0 spiro atoms. The van der Waals surface area contributed by atoms with Crippen molar-refractivity contribution >= 4 is 31.7 Å². The Morgan fingerprint density at radius 1 is 0.800 bits per heavy atom. The minimum Gasteiger partial charge on any atom is -0.450 e. The van der Waals surface area contributed by atoms with E-state index in [2.05, 4.69) is 54.0 Å². The number of sulfonamides is 2. The standard InChI is InChI=1S/C31H46N2O2.C2F6NO4S2/c1-26(2)28-17-16-18-29(25-28)31(4,5)32-30(34)35-24-15-13-11-9-7-6-8-10-12-14-21-33-22-19-27(3)20-23-33;3-1(4,5)14(10,11)9-15(12,13)2(6,7)8/h16-20,22-23,25H,1,6-15,21,24H2,2-5H3;/q;-1/p+1. The third-order valence-electron chi connectivity index (χ3n) is 7.37. The second-order valence-electron chi connectivity index (χ2n) is 12.3. The second-order valence-corrected chi connectivity index (χ2v) is 15.7. The molecule has 0 aliphatic heterocycles. The number of aryl methyl sites for hydroxylation is 2. The molecule has 0 saturated carbocycles. The first-order valence-corrected chi connectivity index (χ1v) is 18.9. The van der Waals surface area contributed by atoms with Crippen molar-refractivity contribution in [2.45, 2.75) is 115 Å². The van der Waals surface area contributed by atoms with Crippen molar-refractivity contribution in [2.75, 3.05) is 6.61 Å². The van der Waals surface area contributed by atoms with Crippen molar-refractivity contribution in [3.63, 3.8) is 0 Å². The third-order valence-corrected chi connectivity index (χ3v) is 10.1. The van der Waals surface area contributed by atoms with Crippen molar-refractivity contribution in [2.24, 2.45) is 0 Å². The fourth-order valence-corrected chi connectivity index (χ4v) is 6.12. The number of benzene rings is 1. The molecule has 0 aliphatic rings. The van der Waals surface area contributed by atoms with E-state index in [1.54, 1.807) is 0 Å². The molecule has 2 rings (SSSR count). The number of amides is 1. The normalized spacial score (nSPS) is 12.5. The number of allylic oxidation sites excluding steroid dienone is 1. The number of carbonyl (C=O) groups is 1. The van der Waals surface area contributed by atoms with Gasteiger partial charge in [0.2, 0.25) is 0 Å². The predicted octanol–water partition coefficient (Wildman–Crippen LogP) is 8.94. The van der Waals surface area contributed by atoms with Crippen LogP contribution in [-0.2, 0) is 36.9 Å². The summed E-state index contributed by atoms with van der Waals surface area (Å²) in [4.78, 5) is 12.3. The number of hydrogen-bond acceptors (Lipinski definition) is 6. The highest BCUT2D eigenvalue weighted by molar-refractivity contribution is 8.13. The number of nitrogens with one attached hydrogen (secondary N) is 1. The highest BCUT2D eigenvalue weighted by Gasteiger charge is 2.47. The first-order valence-electron chi connectivity index (χ1n) is 16.0. The lowest BCUT2D eigenvalue weighted by atomic mass is 9.92. The molecule has 1 aromatic heterocycles. The number of hydrogen-bond donors (Lipinski definition) is 1. The number of halogens is 6. The van der Waals surface area contributed by atoms with E-state index in [1.165, 1.54) is 56.9 Å². The Hall–Kier alpha value is -3.18. The zero-order valence-corrected chi connectivity index (χ0v) is 30.4. The summed E-state index contributed by atoms with van der Waals surface area (Å²) in [7, 11) is -13.4. The van der Waals surface area contributed by atoms with E-state index in [4.69, 9.17) is 4.74 Å². The van der Waals surface area contributed by atoms with Crippen LogP contribution < -0.4 is 9.88 Å². The molecule has 0 fully saturated rings. The van der Waals surface area contributed by atoms with Gasteiger partial charge in [-0.1, -0.05) is 75.3 Å². The quantitative estimate of drug-likeness (QED) is 0.0920. The molecular weight excluding hydrogens is 713 g/mol. The summed E-state index contributed by atoms with van der Waals surface area (Å²) in [6, 6.07) is 12.5. The smallest absolute Gasteiger partial charge is 0.450 e. The van der Waals surface area contributed by atoms with Gasteiger partial charge in [0.1, 0.15) is 6.54 Å². The third kappa shape index (κ3) is 16.7. The van der Waals surface area contributed by atoms with Gasteiger partial charge in [-0.3, -0.25) is 0 Å². The summed E-state index contributed by atoms with van der Waals surface area (Å²) in [6.07, 6.45) is 16.4. The number of alkyl carbamates (subject to hydrolysis) is 1. The summed E-state index contributed by atoms with van der Waals surface area (Å²) in [5.41, 5.74) is -8.44. The minimum absolute atomic E-state index is 0.350. The van der Waals surface area contributed by atoms with E-state index in [0.29, 0.717) is 6.61 Å². The van der Waals surface area contributed by atoms with Gasteiger partial charge in [-0.25, -0.2) is 26.2 Å². The molecule has 0 atom stereocenters. The topological polar surface area (TPSA) is 125 Å². The van der Waals surface area contributed by atoms with Crippen LogP contribution in [0.15, 0.2) is 55.4 Å². The van der Waals surface area contributed by atoms with Crippen molar-refractivity contribution in [1.29, 1.82) is 0 Å². The zero-order valence-electron chi connectivity index (χ0n) is 28.7. The Morgan fingerprint density at radius 3 is 1.72 bits per heavy atom. The largest absolute Gasteiger partial charge is 0.480 e. The molecule has 9 nitrogen and oxygen atoms in total. The van der Waals surface area contributed by atoms with Gasteiger partial charge in [-0.2, -0.15) is 26.3 Å². The molecule has 17 heteroatoms. The van der Waals surface area contributed by atoms with Crippen LogP contribution in [0.3, 0.4) is 0 Å². The number of alkyl halides is 6. The molecule has 1 N–H and O–H groups in total. The number of rotatable bonds is 18. The molecular formula is C33H47F6N3O6S2. The lowest BCUT2D eigenvalue weighted by Crippen LogP contribution is -2.41. The van der Waals surface area contributed by atoms with E-state index in [0.717, 1.165) is 40.2 Å². The highest BCUT2D eigenvalue weighted by atomic mass is 32.3. The van der Waals surface area contributed by atoms with Crippen LogP contribution >= 0.6 is 0 Å². The molecule has 0 unspecified atom stereocenters. The molecule has 1 aromatic carbocycles. The number of nitrogens with zero attached hydrogens (tertiary/aromatic N) is 2. The Kier molecular flexibility index (Phi) is 17.9. The van der Waals surface area contributed by atoms with Gasteiger partial charge in [-0.15, -0.1) is 0 Å². The van der Waals surface area contributed by atoms with Gasteiger partial charge in [0.15, 0.2) is 32.4 Å². The maximum absolute atomic E-state index is 12.3. The van der Waals surface area contributed by atoms with E-state index in [-0.39, 0.29) is 6.09 Å². The maximum Gasteiger partial charge on any atom is 0.480 e. The average Bonchev–Trinajstić information content (AvgIpc) is 2.99. The highest BCUT2D eigenvalue weighted by Crippen LogP contribution is 2.36. The van der Waals surface area contributed by atoms with Crippen molar-refractivity contribution < 1.29 is 57.3 Å². The SMILES string of the molecule is C=C(C)c1cccc(C(C)(C)NC(=O)OCCCCCCCCCCCC[n+]2ccc(C)cc2)c1.O=S(=O)([N-]S(=O)(=O)C(F)(F)F)C(F)(F)F. The average molecular weight is 760 g/mol. The fourth-order valence-electron chi connectivity index (χ4n) is 4.41. The van der Waals surface area contributed by atoms with Crippen molar-refractivity contribution in [3.8, 4) is 0 Å². The molecule has 0 bridgehead atoms.